The number of halogens is 3. The fourth-order valence-corrected chi connectivity index (χ4v) is 3.36. The van der Waals surface area contributed by atoms with Crippen LogP contribution in [0.5, 0.6) is 11.5 Å². The van der Waals surface area contributed by atoms with Crippen molar-refractivity contribution in [2.45, 2.75) is 30.5 Å². The molecule has 0 atom stereocenters. The van der Waals surface area contributed by atoms with E-state index in [1.807, 2.05) is 13.8 Å². The highest BCUT2D eigenvalue weighted by Crippen LogP contribution is 2.38. The van der Waals surface area contributed by atoms with E-state index in [4.69, 9.17) is 21.1 Å². The Morgan fingerprint density at radius 1 is 1.17 bits per heavy atom. The number of amides is 2. The molecule has 0 saturated carbocycles. The molecule has 0 heterocycles. The number of hydrogen-bond donors (Lipinski definition) is 2. The minimum atomic E-state index is -2.69. The lowest BCUT2D eigenvalue weighted by Crippen LogP contribution is -2.34. The number of ether oxygens (including phenoxy) is 2. The maximum Gasteiger partial charge on any atom is 0.289 e. The highest BCUT2D eigenvalue weighted by molar-refractivity contribution is 7.99. The lowest BCUT2D eigenvalue weighted by molar-refractivity contribution is -0.123. The molecule has 2 N–H and O–H groups in total. The topological polar surface area (TPSA) is 76.7 Å². The van der Waals surface area contributed by atoms with E-state index in [0.29, 0.717) is 0 Å². The fourth-order valence-electron chi connectivity index (χ4n) is 2.45. The molecule has 2 aromatic rings. The SMILES string of the molecule is COc1cc(C(=O)Nc2cccc(Cl)c2SC(F)F)ccc1OCC(=O)NC(C)C. The van der Waals surface area contributed by atoms with Crippen molar-refractivity contribution in [2.24, 2.45) is 0 Å². The van der Waals surface area contributed by atoms with Crippen LogP contribution in [-0.2, 0) is 4.79 Å². The normalized spacial score (nSPS) is 10.8. The van der Waals surface area contributed by atoms with Gasteiger partial charge in [-0.15, -0.1) is 0 Å². The van der Waals surface area contributed by atoms with Gasteiger partial charge in [-0.2, -0.15) is 8.78 Å². The maximum absolute atomic E-state index is 12.8. The Bertz CT molecular complexity index is 912. The summed E-state index contributed by atoms with van der Waals surface area (Å²) in [6.45, 7) is 3.45. The molecule has 2 amide bonds. The molecule has 162 valence electrons. The summed E-state index contributed by atoms with van der Waals surface area (Å²) >= 11 is 6.24. The highest BCUT2D eigenvalue weighted by atomic mass is 35.5. The molecule has 0 unspecified atom stereocenters. The van der Waals surface area contributed by atoms with Gasteiger partial charge in [-0.3, -0.25) is 9.59 Å². The Balaban J connectivity index is 2.16. The van der Waals surface area contributed by atoms with Crippen molar-refractivity contribution in [3.8, 4) is 11.5 Å². The van der Waals surface area contributed by atoms with Gasteiger partial charge < -0.3 is 20.1 Å². The van der Waals surface area contributed by atoms with Crippen molar-refractivity contribution in [3.63, 3.8) is 0 Å². The molecule has 0 spiro atoms. The van der Waals surface area contributed by atoms with E-state index in [2.05, 4.69) is 10.6 Å². The predicted octanol–water partition coefficient (Wildman–Crippen LogP) is 4.82. The molecule has 0 aliphatic heterocycles. The summed E-state index contributed by atoms with van der Waals surface area (Å²) in [6.07, 6.45) is 0. The third-order valence-electron chi connectivity index (χ3n) is 3.66. The van der Waals surface area contributed by atoms with Crippen LogP contribution >= 0.6 is 23.4 Å². The van der Waals surface area contributed by atoms with Gasteiger partial charge >= 0.3 is 0 Å². The smallest absolute Gasteiger partial charge is 0.289 e. The van der Waals surface area contributed by atoms with E-state index in [1.165, 1.54) is 37.4 Å². The van der Waals surface area contributed by atoms with Gasteiger partial charge in [0.15, 0.2) is 18.1 Å². The Kier molecular flexibility index (Phi) is 8.73. The lowest BCUT2D eigenvalue weighted by atomic mass is 10.2. The Morgan fingerprint density at radius 2 is 1.90 bits per heavy atom. The van der Waals surface area contributed by atoms with E-state index in [1.54, 1.807) is 6.07 Å². The molecular formula is C20H21ClF2N2O4S. The van der Waals surface area contributed by atoms with Gasteiger partial charge in [0.2, 0.25) is 0 Å². The van der Waals surface area contributed by atoms with E-state index < -0.39 is 11.7 Å². The average molecular weight is 459 g/mol. The Hall–Kier alpha value is -2.52. The number of methoxy groups -OCH3 is 1. The van der Waals surface area contributed by atoms with Crippen molar-refractivity contribution in [2.75, 3.05) is 19.0 Å². The van der Waals surface area contributed by atoms with Crippen LogP contribution in [0, 0.1) is 0 Å². The summed E-state index contributed by atoms with van der Waals surface area (Å²) in [6, 6.07) is 8.86. The van der Waals surface area contributed by atoms with Crippen LogP contribution < -0.4 is 20.1 Å². The van der Waals surface area contributed by atoms with Crippen LogP contribution in [0.3, 0.4) is 0 Å². The second kappa shape index (κ2) is 11.0. The second-order valence-corrected chi connectivity index (χ2v) is 7.73. The summed E-state index contributed by atoms with van der Waals surface area (Å²) in [4.78, 5) is 24.4. The number of thioether (sulfide) groups is 1. The minimum Gasteiger partial charge on any atom is -0.493 e. The van der Waals surface area contributed by atoms with E-state index in [0.717, 1.165) is 0 Å². The van der Waals surface area contributed by atoms with E-state index in [9.17, 15) is 18.4 Å². The number of hydrogen-bond acceptors (Lipinski definition) is 5. The molecule has 2 rings (SSSR count). The first-order chi connectivity index (χ1) is 14.2. The van der Waals surface area contributed by atoms with Crippen LogP contribution in [0.25, 0.3) is 0 Å². The molecule has 0 saturated heterocycles. The maximum atomic E-state index is 12.8. The predicted molar refractivity (Wildman–Crippen MR) is 113 cm³/mol. The van der Waals surface area contributed by atoms with Crippen molar-refractivity contribution in [3.05, 3.63) is 47.0 Å². The molecule has 10 heteroatoms. The van der Waals surface area contributed by atoms with Crippen LogP contribution in [0.4, 0.5) is 14.5 Å². The van der Waals surface area contributed by atoms with Crippen molar-refractivity contribution >= 4 is 40.9 Å². The Labute approximate surface area is 182 Å². The summed E-state index contributed by atoms with van der Waals surface area (Å²) < 4.78 is 36.3. The number of rotatable bonds is 9. The third kappa shape index (κ3) is 6.77. The summed E-state index contributed by atoms with van der Waals surface area (Å²) in [5, 5.41) is 5.38. The first kappa shape index (κ1) is 23.8. The summed E-state index contributed by atoms with van der Waals surface area (Å²) in [5.74, 6) is -3.00. The first-order valence-corrected chi connectivity index (χ1v) is 10.1. The van der Waals surface area contributed by atoms with Gasteiger partial charge in [-0.05, 0) is 44.2 Å². The van der Waals surface area contributed by atoms with Crippen LogP contribution in [0.2, 0.25) is 5.02 Å². The van der Waals surface area contributed by atoms with Crippen molar-refractivity contribution in [1.29, 1.82) is 0 Å². The molecule has 0 aliphatic carbocycles. The van der Waals surface area contributed by atoms with Gasteiger partial charge in [0, 0.05) is 11.6 Å². The molecule has 6 nitrogen and oxygen atoms in total. The Morgan fingerprint density at radius 3 is 2.53 bits per heavy atom. The van der Waals surface area contributed by atoms with Crippen LogP contribution in [0.1, 0.15) is 24.2 Å². The monoisotopic (exact) mass is 458 g/mol. The fraction of sp³-hybridized carbons (Fsp3) is 0.300. The molecular weight excluding hydrogens is 438 g/mol. The van der Waals surface area contributed by atoms with Gasteiger partial charge in [-0.25, -0.2) is 0 Å². The van der Waals surface area contributed by atoms with Gasteiger partial charge in [0.05, 0.1) is 22.7 Å². The van der Waals surface area contributed by atoms with E-state index >= 15 is 0 Å². The zero-order valence-corrected chi connectivity index (χ0v) is 18.1. The first-order valence-electron chi connectivity index (χ1n) is 8.86. The summed E-state index contributed by atoms with van der Waals surface area (Å²) in [5.41, 5.74) is 0.376. The third-order valence-corrected chi connectivity index (χ3v) is 4.94. The minimum absolute atomic E-state index is 0.0197. The number of nitrogens with one attached hydrogen (secondary N) is 2. The van der Waals surface area contributed by atoms with Crippen molar-refractivity contribution < 1.29 is 27.8 Å². The molecule has 0 aliphatic rings. The molecule has 0 fully saturated rings. The van der Waals surface area contributed by atoms with Crippen LogP contribution in [0.15, 0.2) is 41.3 Å². The standard InChI is InChI=1S/C20H21ClF2N2O4S/c1-11(2)24-17(26)10-29-15-8-7-12(9-16(15)28-3)19(27)25-14-6-4-5-13(21)18(14)30-20(22)23/h4-9,11,20H,10H2,1-3H3,(H,24,26)(H,25,27). The molecule has 2 aromatic carbocycles. The van der Waals surface area contributed by atoms with E-state index in [-0.39, 0.29) is 63.0 Å². The van der Waals surface area contributed by atoms with Crippen LogP contribution in [-0.4, -0.2) is 37.3 Å². The number of benzene rings is 2. The van der Waals surface area contributed by atoms with Crippen molar-refractivity contribution in [1.82, 2.24) is 5.32 Å². The molecule has 30 heavy (non-hydrogen) atoms. The van der Waals surface area contributed by atoms with Gasteiger partial charge in [-0.1, -0.05) is 29.4 Å². The average Bonchev–Trinajstić information content (AvgIpc) is 2.68. The summed E-state index contributed by atoms with van der Waals surface area (Å²) in [7, 11) is 1.40. The number of carbonyl (C=O) groups excluding carboxylic acids is 2. The molecule has 0 bridgehead atoms. The largest absolute Gasteiger partial charge is 0.493 e. The number of anilines is 1. The zero-order valence-electron chi connectivity index (χ0n) is 16.5. The lowest BCUT2D eigenvalue weighted by Gasteiger charge is -2.14. The van der Waals surface area contributed by atoms with Gasteiger partial charge in [0.1, 0.15) is 0 Å². The number of alkyl halides is 2. The molecule has 0 radical (unpaired) electrons. The zero-order chi connectivity index (χ0) is 22.3. The number of carbonyl (C=O) groups is 2. The molecule has 0 aromatic heterocycles. The second-order valence-electron chi connectivity index (χ2n) is 6.33. The highest BCUT2D eigenvalue weighted by Gasteiger charge is 2.17. The van der Waals surface area contributed by atoms with Gasteiger partial charge in [0.25, 0.3) is 17.6 Å². The quantitative estimate of drug-likeness (QED) is 0.527.